The number of nitrogens with zero attached hydrogens (tertiary/aromatic N) is 3. The molecule has 4 nitrogen and oxygen atoms in total. The molecule has 4 heteroatoms. The molecule has 112 valence electrons. The van der Waals surface area contributed by atoms with Gasteiger partial charge in [0.1, 0.15) is 5.82 Å². The van der Waals surface area contributed by atoms with E-state index in [1.165, 1.54) is 25.9 Å². The van der Waals surface area contributed by atoms with Crippen molar-refractivity contribution in [2.24, 2.45) is 0 Å². The smallest absolute Gasteiger partial charge is 0.136 e. The fourth-order valence-electron chi connectivity index (χ4n) is 3.07. The molecule has 21 heavy (non-hydrogen) atoms. The number of likely N-dealkylation sites (tertiary alicyclic amines) is 1. The van der Waals surface area contributed by atoms with Crippen molar-refractivity contribution in [3.63, 3.8) is 0 Å². The molecular weight excluding hydrogens is 262 g/mol. The number of aromatic nitrogens is 1. The minimum absolute atomic E-state index is 0.0330. The van der Waals surface area contributed by atoms with Crippen LogP contribution >= 0.6 is 0 Å². The number of hydrogen-bond acceptors (Lipinski definition) is 4. The van der Waals surface area contributed by atoms with Crippen molar-refractivity contribution in [2.75, 3.05) is 38.1 Å². The predicted octanol–water partition coefficient (Wildman–Crippen LogP) is 2.26. The van der Waals surface area contributed by atoms with Gasteiger partial charge in [0.05, 0.1) is 6.61 Å². The number of anilines is 1. The van der Waals surface area contributed by atoms with Crippen LogP contribution in [-0.4, -0.2) is 48.2 Å². The zero-order valence-corrected chi connectivity index (χ0v) is 12.6. The van der Waals surface area contributed by atoms with E-state index in [4.69, 9.17) is 0 Å². The molecule has 0 saturated carbocycles. The Balaban J connectivity index is 1.82. The highest BCUT2D eigenvalue weighted by molar-refractivity contribution is 5.94. The molecule has 1 N–H and O–H groups in total. The van der Waals surface area contributed by atoms with Gasteiger partial charge in [0.2, 0.25) is 0 Å². The average molecular weight is 285 g/mol. The first kappa shape index (κ1) is 14.3. The van der Waals surface area contributed by atoms with E-state index in [0.29, 0.717) is 0 Å². The lowest BCUT2D eigenvalue weighted by Gasteiger charge is -2.23. The molecule has 1 fully saturated rings. The van der Waals surface area contributed by atoms with Gasteiger partial charge < -0.3 is 14.9 Å². The Hall–Kier alpha value is -1.65. The van der Waals surface area contributed by atoms with E-state index in [1.807, 2.05) is 12.1 Å². The average Bonchev–Trinajstić information content (AvgIpc) is 3.05. The van der Waals surface area contributed by atoms with E-state index in [0.717, 1.165) is 35.2 Å². The van der Waals surface area contributed by atoms with Crippen LogP contribution in [0.1, 0.15) is 18.4 Å². The van der Waals surface area contributed by atoms with Gasteiger partial charge >= 0.3 is 0 Å². The summed E-state index contributed by atoms with van der Waals surface area (Å²) in [7, 11) is 2.10. The van der Waals surface area contributed by atoms with Crippen molar-refractivity contribution in [1.29, 1.82) is 0 Å². The highest BCUT2D eigenvalue weighted by Crippen LogP contribution is 2.26. The van der Waals surface area contributed by atoms with Crippen molar-refractivity contribution in [3.8, 4) is 0 Å². The first-order chi connectivity index (χ1) is 10.3. The first-order valence-corrected chi connectivity index (χ1v) is 7.70. The van der Waals surface area contributed by atoms with Crippen molar-refractivity contribution < 1.29 is 5.11 Å². The van der Waals surface area contributed by atoms with Crippen LogP contribution in [0.2, 0.25) is 0 Å². The van der Waals surface area contributed by atoms with E-state index < -0.39 is 0 Å². The summed E-state index contributed by atoms with van der Waals surface area (Å²) in [5.74, 6) is 1.00. The van der Waals surface area contributed by atoms with Gasteiger partial charge in [-0.1, -0.05) is 24.3 Å². The van der Waals surface area contributed by atoms with Gasteiger partial charge in [0.25, 0.3) is 0 Å². The number of aliphatic hydroxyl groups is 1. The second kappa shape index (κ2) is 6.41. The van der Waals surface area contributed by atoms with Crippen molar-refractivity contribution in [1.82, 2.24) is 9.88 Å². The summed E-state index contributed by atoms with van der Waals surface area (Å²) in [6.07, 6.45) is 4.45. The Morgan fingerprint density at radius 3 is 2.62 bits per heavy atom. The van der Waals surface area contributed by atoms with Gasteiger partial charge in [-0.15, -0.1) is 0 Å². The highest BCUT2D eigenvalue weighted by atomic mass is 16.3. The molecule has 0 atom stereocenters. The Morgan fingerprint density at radius 1 is 1.19 bits per heavy atom. The predicted molar refractivity (Wildman–Crippen MR) is 86.6 cm³/mol. The van der Waals surface area contributed by atoms with Crippen LogP contribution in [0.25, 0.3) is 10.8 Å². The van der Waals surface area contributed by atoms with E-state index in [-0.39, 0.29) is 6.61 Å². The standard InChI is InChI=1S/C17H23N3O/c1-19(10-11-20-8-4-5-9-20)17-16-7-3-2-6-15(16)14(13-21)12-18-17/h2-3,6-7,12,21H,4-5,8-11,13H2,1H3. The molecule has 1 aromatic heterocycles. The number of fused-ring (bicyclic) bond motifs is 1. The van der Waals surface area contributed by atoms with E-state index >= 15 is 0 Å². The molecule has 2 heterocycles. The maximum atomic E-state index is 9.45. The number of aliphatic hydroxyl groups excluding tert-OH is 1. The molecule has 1 aliphatic rings. The second-order valence-corrected chi connectivity index (χ2v) is 5.78. The van der Waals surface area contributed by atoms with Crippen LogP contribution in [0.5, 0.6) is 0 Å². The maximum Gasteiger partial charge on any atom is 0.136 e. The fourth-order valence-corrected chi connectivity index (χ4v) is 3.07. The van der Waals surface area contributed by atoms with Crippen LogP contribution in [0.4, 0.5) is 5.82 Å². The number of pyridine rings is 1. The van der Waals surface area contributed by atoms with E-state index in [2.05, 4.69) is 34.0 Å². The van der Waals surface area contributed by atoms with Crippen LogP contribution in [-0.2, 0) is 6.61 Å². The quantitative estimate of drug-likeness (QED) is 0.914. The first-order valence-electron chi connectivity index (χ1n) is 7.70. The normalized spacial score (nSPS) is 15.7. The largest absolute Gasteiger partial charge is 0.392 e. The summed E-state index contributed by atoms with van der Waals surface area (Å²) < 4.78 is 0. The monoisotopic (exact) mass is 285 g/mol. The molecule has 0 amide bonds. The molecule has 2 aromatic rings. The van der Waals surface area contributed by atoms with Gasteiger partial charge in [0.15, 0.2) is 0 Å². The number of benzene rings is 1. The van der Waals surface area contributed by atoms with Crippen molar-refractivity contribution in [2.45, 2.75) is 19.4 Å². The van der Waals surface area contributed by atoms with Crippen LogP contribution in [0.3, 0.4) is 0 Å². The third-order valence-electron chi connectivity index (χ3n) is 4.34. The summed E-state index contributed by atoms with van der Waals surface area (Å²) >= 11 is 0. The Morgan fingerprint density at radius 2 is 1.90 bits per heavy atom. The van der Waals surface area contributed by atoms with Gasteiger partial charge in [-0.05, 0) is 31.3 Å². The fraction of sp³-hybridized carbons (Fsp3) is 0.471. The van der Waals surface area contributed by atoms with Crippen molar-refractivity contribution >= 4 is 16.6 Å². The molecule has 0 radical (unpaired) electrons. The SMILES string of the molecule is CN(CCN1CCCC1)c1ncc(CO)c2ccccc12. The van der Waals surface area contributed by atoms with E-state index in [1.54, 1.807) is 6.20 Å². The number of rotatable bonds is 5. The second-order valence-electron chi connectivity index (χ2n) is 5.78. The summed E-state index contributed by atoms with van der Waals surface area (Å²) in [5.41, 5.74) is 0.891. The van der Waals surface area contributed by atoms with Gasteiger partial charge in [-0.25, -0.2) is 4.98 Å². The zero-order valence-electron chi connectivity index (χ0n) is 12.6. The minimum Gasteiger partial charge on any atom is -0.392 e. The van der Waals surface area contributed by atoms with Crippen LogP contribution in [0, 0.1) is 0 Å². The highest BCUT2D eigenvalue weighted by Gasteiger charge is 2.14. The molecule has 0 aliphatic carbocycles. The lowest BCUT2D eigenvalue weighted by molar-refractivity contribution is 0.283. The van der Waals surface area contributed by atoms with Crippen LogP contribution < -0.4 is 4.90 Å². The van der Waals surface area contributed by atoms with Crippen LogP contribution in [0.15, 0.2) is 30.5 Å². The number of likely N-dealkylation sites (N-methyl/N-ethyl adjacent to an activating group) is 1. The lowest BCUT2D eigenvalue weighted by atomic mass is 10.1. The van der Waals surface area contributed by atoms with Gasteiger partial charge in [-0.2, -0.15) is 0 Å². The summed E-state index contributed by atoms with van der Waals surface area (Å²) in [6.45, 7) is 4.56. The lowest BCUT2D eigenvalue weighted by Crippen LogP contribution is -2.31. The zero-order chi connectivity index (χ0) is 14.7. The summed E-state index contributed by atoms with van der Waals surface area (Å²) in [5, 5.41) is 11.7. The Kier molecular flexibility index (Phi) is 4.36. The molecule has 1 aromatic carbocycles. The third-order valence-corrected chi connectivity index (χ3v) is 4.34. The van der Waals surface area contributed by atoms with Gasteiger partial charge in [-0.3, -0.25) is 0 Å². The maximum absolute atomic E-state index is 9.45. The third kappa shape index (κ3) is 3.01. The molecule has 1 aliphatic heterocycles. The molecule has 0 spiro atoms. The summed E-state index contributed by atoms with van der Waals surface area (Å²) in [6, 6.07) is 8.18. The molecule has 3 rings (SSSR count). The molecule has 1 saturated heterocycles. The topological polar surface area (TPSA) is 39.6 Å². The van der Waals surface area contributed by atoms with Crippen molar-refractivity contribution in [3.05, 3.63) is 36.0 Å². The Bertz CT molecular complexity index is 608. The molecule has 0 bridgehead atoms. The minimum atomic E-state index is 0.0330. The molecule has 0 unspecified atom stereocenters. The van der Waals surface area contributed by atoms with E-state index in [9.17, 15) is 5.11 Å². The number of hydrogen-bond donors (Lipinski definition) is 1. The molecular formula is C17H23N3O. The van der Waals surface area contributed by atoms with Gasteiger partial charge in [0, 0.05) is 37.3 Å². The Labute approximate surface area is 126 Å². The summed E-state index contributed by atoms with van der Waals surface area (Å²) in [4.78, 5) is 9.31.